The van der Waals surface area contributed by atoms with E-state index in [9.17, 15) is 9.59 Å². The molecule has 2 heterocycles. The third-order valence-electron chi connectivity index (χ3n) is 5.17. The normalized spacial score (nSPS) is 24.3. The van der Waals surface area contributed by atoms with Crippen molar-refractivity contribution >= 4 is 17.5 Å². The molecule has 2 aromatic rings. The number of hydrogen-bond donors (Lipinski definition) is 0. The van der Waals surface area contributed by atoms with Crippen LogP contribution in [0.2, 0.25) is 0 Å². The monoisotopic (exact) mass is 350 g/mol. The predicted octanol–water partition coefficient (Wildman–Crippen LogP) is 2.35. The number of nitrogens with zero attached hydrogens (tertiary/aromatic N) is 2. The molecule has 4 rings (SSSR count). The van der Waals surface area contributed by atoms with Crippen molar-refractivity contribution in [3.05, 3.63) is 65.7 Å². The molecule has 0 saturated carbocycles. The highest BCUT2D eigenvalue weighted by molar-refractivity contribution is 6.25. The Kier molecular flexibility index (Phi) is 4.57. The van der Waals surface area contributed by atoms with Gasteiger partial charge in [0.2, 0.25) is 5.91 Å². The second kappa shape index (κ2) is 7.02. The minimum absolute atomic E-state index is 0.144. The molecular weight excluding hydrogens is 328 g/mol. The highest BCUT2D eigenvalue weighted by atomic mass is 16.5. The molecule has 134 valence electrons. The van der Waals surface area contributed by atoms with Crippen LogP contribution in [0, 0.1) is 6.92 Å². The molecule has 0 N–H and O–H groups in total. The van der Waals surface area contributed by atoms with Crippen LogP contribution in [0.25, 0.3) is 0 Å². The molecule has 2 aliphatic heterocycles. The fraction of sp³-hybridized carbons (Fsp3) is 0.333. The van der Waals surface area contributed by atoms with Crippen LogP contribution in [0.3, 0.4) is 0 Å². The molecule has 5 heteroatoms. The van der Waals surface area contributed by atoms with Crippen LogP contribution in [0.1, 0.15) is 17.0 Å². The number of carbonyl (C=O) groups is 2. The number of benzene rings is 2. The van der Waals surface area contributed by atoms with Gasteiger partial charge in [0.15, 0.2) is 0 Å². The SMILES string of the molecule is Cc1ccc(N2C(=O)C(c3ccccc3)C(N3CCOCC3)C2=O)cc1. The van der Waals surface area contributed by atoms with E-state index in [2.05, 4.69) is 4.90 Å². The lowest BCUT2D eigenvalue weighted by Gasteiger charge is -2.33. The molecule has 0 bridgehead atoms. The molecule has 2 aromatic carbocycles. The van der Waals surface area contributed by atoms with E-state index in [1.54, 1.807) is 0 Å². The summed E-state index contributed by atoms with van der Waals surface area (Å²) in [4.78, 5) is 30.1. The molecule has 0 aromatic heterocycles. The second-order valence-corrected chi connectivity index (χ2v) is 6.83. The van der Waals surface area contributed by atoms with Crippen molar-refractivity contribution in [3.8, 4) is 0 Å². The summed E-state index contributed by atoms with van der Waals surface area (Å²) in [5, 5.41) is 0. The highest BCUT2D eigenvalue weighted by Gasteiger charge is 2.51. The van der Waals surface area contributed by atoms with Crippen LogP contribution in [-0.4, -0.2) is 49.1 Å². The van der Waals surface area contributed by atoms with Gasteiger partial charge in [0.25, 0.3) is 5.91 Å². The smallest absolute Gasteiger partial charge is 0.252 e. The summed E-state index contributed by atoms with van der Waals surface area (Å²) in [5.74, 6) is -0.778. The van der Waals surface area contributed by atoms with Gasteiger partial charge in [0, 0.05) is 13.1 Å². The van der Waals surface area contributed by atoms with Gasteiger partial charge in [0.1, 0.15) is 6.04 Å². The lowest BCUT2D eigenvalue weighted by molar-refractivity contribution is -0.123. The summed E-state index contributed by atoms with van der Waals surface area (Å²) in [6.07, 6.45) is 0. The molecule has 0 spiro atoms. The van der Waals surface area contributed by atoms with Gasteiger partial charge in [-0.2, -0.15) is 0 Å². The van der Waals surface area contributed by atoms with E-state index in [1.807, 2.05) is 61.5 Å². The summed E-state index contributed by atoms with van der Waals surface area (Å²) in [6.45, 7) is 4.48. The highest BCUT2D eigenvalue weighted by Crippen LogP contribution is 2.36. The number of amides is 2. The largest absolute Gasteiger partial charge is 0.379 e. The molecule has 26 heavy (non-hydrogen) atoms. The topological polar surface area (TPSA) is 49.9 Å². The maximum atomic E-state index is 13.3. The van der Waals surface area contributed by atoms with Gasteiger partial charge in [0.05, 0.1) is 24.8 Å². The average molecular weight is 350 g/mol. The van der Waals surface area contributed by atoms with Gasteiger partial charge in [-0.15, -0.1) is 0 Å². The van der Waals surface area contributed by atoms with Crippen LogP contribution in [-0.2, 0) is 14.3 Å². The standard InChI is InChI=1S/C21H22N2O3/c1-15-7-9-17(10-8-15)23-20(24)18(16-5-3-2-4-6-16)19(21(23)25)22-11-13-26-14-12-22/h2-10,18-19H,11-14H2,1H3. The number of ether oxygens (including phenoxy) is 1. The van der Waals surface area contributed by atoms with E-state index < -0.39 is 12.0 Å². The molecule has 2 aliphatic rings. The van der Waals surface area contributed by atoms with Crippen LogP contribution in [0.5, 0.6) is 0 Å². The lowest BCUT2D eigenvalue weighted by Crippen LogP contribution is -2.49. The molecular formula is C21H22N2O3. The molecule has 0 aliphatic carbocycles. The Labute approximate surface area is 153 Å². The van der Waals surface area contributed by atoms with Crippen molar-refractivity contribution in [2.24, 2.45) is 0 Å². The first-order chi connectivity index (χ1) is 12.7. The Hall–Kier alpha value is -2.50. The maximum Gasteiger partial charge on any atom is 0.252 e. The molecule has 2 saturated heterocycles. The molecule has 2 unspecified atom stereocenters. The minimum Gasteiger partial charge on any atom is -0.379 e. The van der Waals surface area contributed by atoms with Crippen molar-refractivity contribution in [2.75, 3.05) is 31.2 Å². The van der Waals surface area contributed by atoms with E-state index in [-0.39, 0.29) is 11.8 Å². The zero-order valence-electron chi connectivity index (χ0n) is 14.8. The van der Waals surface area contributed by atoms with Gasteiger partial charge in [-0.25, -0.2) is 4.90 Å². The summed E-state index contributed by atoms with van der Waals surface area (Å²) in [5.41, 5.74) is 2.62. The molecule has 0 radical (unpaired) electrons. The molecule has 2 amide bonds. The van der Waals surface area contributed by atoms with Crippen LogP contribution in [0.15, 0.2) is 54.6 Å². The van der Waals surface area contributed by atoms with Gasteiger partial charge in [-0.1, -0.05) is 48.0 Å². The first-order valence-corrected chi connectivity index (χ1v) is 8.98. The van der Waals surface area contributed by atoms with Crippen LogP contribution in [0.4, 0.5) is 5.69 Å². The van der Waals surface area contributed by atoms with Crippen molar-refractivity contribution in [1.82, 2.24) is 4.90 Å². The number of aryl methyl sites for hydroxylation is 1. The van der Waals surface area contributed by atoms with Gasteiger partial charge in [-0.05, 0) is 24.6 Å². The average Bonchev–Trinajstić information content (AvgIpc) is 2.94. The minimum atomic E-state index is -0.483. The Morgan fingerprint density at radius 3 is 2.19 bits per heavy atom. The number of anilines is 1. The van der Waals surface area contributed by atoms with E-state index in [0.717, 1.165) is 11.1 Å². The zero-order chi connectivity index (χ0) is 18.1. The Balaban J connectivity index is 1.75. The van der Waals surface area contributed by atoms with Crippen LogP contribution >= 0.6 is 0 Å². The number of rotatable bonds is 3. The summed E-state index contributed by atoms with van der Waals surface area (Å²) >= 11 is 0. The van der Waals surface area contributed by atoms with E-state index in [4.69, 9.17) is 4.74 Å². The van der Waals surface area contributed by atoms with Crippen molar-refractivity contribution in [1.29, 1.82) is 0 Å². The predicted molar refractivity (Wildman–Crippen MR) is 99.0 cm³/mol. The first kappa shape index (κ1) is 16.9. The second-order valence-electron chi connectivity index (χ2n) is 6.83. The van der Waals surface area contributed by atoms with E-state index in [1.165, 1.54) is 4.90 Å². The number of carbonyl (C=O) groups excluding carboxylic acids is 2. The number of hydrogen-bond acceptors (Lipinski definition) is 4. The fourth-order valence-electron chi connectivity index (χ4n) is 3.81. The number of imide groups is 1. The van der Waals surface area contributed by atoms with Gasteiger partial charge < -0.3 is 4.74 Å². The summed E-state index contributed by atoms with van der Waals surface area (Å²) < 4.78 is 5.44. The number of morpholine rings is 1. The maximum absolute atomic E-state index is 13.3. The van der Waals surface area contributed by atoms with Crippen molar-refractivity contribution in [2.45, 2.75) is 18.9 Å². The zero-order valence-corrected chi connectivity index (χ0v) is 14.8. The Morgan fingerprint density at radius 1 is 0.885 bits per heavy atom. The van der Waals surface area contributed by atoms with Gasteiger partial charge in [-0.3, -0.25) is 14.5 Å². The van der Waals surface area contributed by atoms with Crippen molar-refractivity contribution in [3.63, 3.8) is 0 Å². The van der Waals surface area contributed by atoms with E-state index in [0.29, 0.717) is 32.0 Å². The quantitative estimate of drug-likeness (QED) is 0.798. The van der Waals surface area contributed by atoms with E-state index >= 15 is 0 Å². The summed E-state index contributed by atoms with van der Waals surface area (Å²) in [7, 11) is 0. The van der Waals surface area contributed by atoms with Gasteiger partial charge >= 0.3 is 0 Å². The third kappa shape index (κ3) is 2.93. The third-order valence-corrected chi connectivity index (χ3v) is 5.17. The molecule has 5 nitrogen and oxygen atoms in total. The van der Waals surface area contributed by atoms with Crippen molar-refractivity contribution < 1.29 is 14.3 Å². The summed E-state index contributed by atoms with van der Waals surface area (Å²) in [6, 6.07) is 16.7. The Bertz CT molecular complexity index is 798. The fourth-order valence-corrected chi connectivity index (χ4v) is 3.81. The van der Waals surface area contributed by atoms with Crippen LogP contribution < -0.4 is 4.90 Å². The molecule has 2 fully saturated rings. The Morgan fingerprint density at radius 2 is 1.54 bits per heavy atom. The molecule has 2 atom stereocenters. The lowest BCUT2D eigenvalue weighted by atomic mass is 9.92. The first-order valence-electron chi connectivity index (χ1n) is 8.98.